The average Bonchev–Trinajstić information content (AvgIpc) is 3.12. The number of likely N-dealkylation sites (N-methyl/N-ethyl adjacent to an activating group) is 1. The van der Waals surface area contributed by atoms with E-state index in [9.17, 15) is 19.4 Å². The number of nitrogens with zero attached hydrogens (tertiary/aromatic N) is 1. The highest BCUT2D eigenvalue weighted by atomic mass is 31.2. The SMILES string of the molecule is CCC/C=C/C(O)C(COP(=O)(O)OCC[N+](C)(C)C)NC(=O)CCCCCCCCCCCCCCCC/C=C\C/C=C\C/C=C\CCCCCCC. The normalized spacial score (nSPS) is 14.9. The van der Waals surface area contributed by atoms with Gasteiger partial charge >= 0.3 is 7.82 Å². The van der Waals surface area contributed by atoms with Crippen LogP contribution in [0.2, 0.25) is 0 Å². The van der Waals surface area contributed by atoms with Gasteiger partial charge in [0.15, 0.2) is 0 Å². The van der Waals surface area contributed by atoms with Crippen molar-refractivity contribution in [2.45, 2.75) is 193 Å². The predicted molar refractivity (Wildman–Crippen MR) is 231 cm³/mol. The van der Waals surface area contributed by atoms with Gasteiger partial charge in [0, 0.05) is 6.42 Å². The molecule has 0 rings (SSSR count). The molecule has 0 saturated heterocycles. The zero-order valence-corrected chi connectivity index (χ0v) is 36.6. The van der Waals surface area contributed by atoms with Crippen molar-refractivity contribution in [3.63, 3.8) is 0 Å². The van der Waals surface area contributed by atoms with Crippen LogP contribution in [0.1, 0.15) is 181 Å². The molecular weight excluding hydrogens is 695 g/mol. The number of allylic oxidation sites excluding steroid dienone is 7. The third-order valence-corrected chi connectivity index (χ3v) is 10.5. The lowest BCUT2D eigenvalue weighted by molar-refractivity contribution is -0.870. The molecule has 54 heavy (non-hydrogen) atoms. The number of quaternary nitrogens is 1. The molecule has 0 bridgehead atoms. The maximum atomic E-state index is 12.7. The van der Waals surface area contributed by atoms with E-state index in [4.69, 9.17) is 9.05 Å². The molecular formula is C45H86N2O6P+. The van der Waals surface area contributed by atoms with Gasteiger partial charge in [0.2, 0.25) is 5.91 Å². The van der Waals surface area contributed by atoms with Gasteiger partial charge in [-0.1, -0.05) is 172 Å². The molecule has 3 N–H and O–H groups in total. The molecule has 316 valence electrons. The van der Waals surface area contributed by atoms with Gasteiger partial charge in [0.25, 0.3) is 0 Å². The summed E-state index contributed by atoms with van der Waals surface area (Å²) >= 11 is 0. The summed E-state index contributed by atoms with van der Waals surface area (Å²) in [6, 6.07) is -0.842. The minimum absolute atomic E-state index is 0.0586. The molecule has 0 aromatic rings. The maximum Gasteiger partial charge on any atom is 0.472 e. The number of nitrogens with one attached hydrogen (secondary N) is 1. The summed E-state index contributed by atoms with van der Waals surface area (Å²) in [7, 11) is 1.56. The zero-order valence-electron chi connectivity index (χ0n) is 35.7. The van der Waals surface area contributed by atoms with Gasteiger partial charge in [-0.2, -0.15) is 0 Å². The van der Waals surface area contributed by atoms with Crippen LogP contribution < -0.4 is 5.32 Å². The van der Waals surface area contributed by atoms with E-state index >= 15 is 0 Å². The largest absolute Gasteiger partial charge is 0.472 e. The number of aliphatic hydroxyl groups is 1. The lowest BCUT2D eigenvalue weighted by Crippen LogP contribution is -2.45. The number of rotatable bonds is 39. The fourth-order valence-electron chi connectivity index (χ4n) is 6.00. The van der Waals surface area contributed by atoms with E-state index in [1.165, 1.54) is 116 Å². The number of hydrogen-bond donors (Lipinski definition) is 3. The van der Waals surface area contributed by atoms with Crippen molar-refractivity contribution in [1.82, 2.24) is 5.32 Å². The molecule has 3 atom stereocenters. The highest BCUT2D eigenvalue weighted by molar-refractivity contribution is 7.47. The van der Waals surface area contributed by atoms with Gasteiger partial charge in [-0.05, 0) is 51.4 Å². The molecule has 1 amide bonds. The summed E-state index contributed by atoms with van der Waals surface area (Å²) in [4.78, 5) is 22.8. The number of aliphatic hydroxyl groups excluding tert-OH is 1. The number of amides is 1. The third-order valence-electron chi connectivity index (χ3n) is 9.52. The zero-order chi connectivity index (χ0) is 40.0. The van der Waals surface area contributed by atoms with Gasteiger partial charge in [0.05, 0.1) is 39.9 Å². The van der Waals surface area contributed by atoms with Crippen LogP contribution in [0.15, 0.2) is 48.6 Å². The molecule has 0 heterocycles. The molecule has 3 unspecified atom stereocenters. The fourth-order valence-corrected chi connectivity index (χ4v) is 6.73. The minimum Gasteiger partial charge on any atom is -0.387 e. The Balaban J connectivity index is 3.84. The maximum absolute atomic E-state index is 12.7. The summed E-state index contributed by atoms with van der Waals surface area (Å²) in [5.41, 5.74) is 0. The highest BCUT2D eigenvalue weighted by Gasteiger charge is 2.27. The minimum atomic E-state index is -4.31. The molecule has 0 aliphatic heterocycles. The average molecular weight is 782 g/mol. The quantitative estimate of drug-likeness (QED) is 0.0248. The van der Waals surface area contributed by atoms with Crippen molar-refractivity contribution in [2.75, 3.05) is 40.9 Å². The van der Waals surface area contributed by atoms with Crippen LogP contribution in [0.25, 0.3) is 0 Å². The van der Waals surface area contributed by atoms with E-state index in [0.29, 0.717) is 17.4 Å². The number of carbonyl (C=O) groups is 1. The van der Waals surface area contributed by atoms with Crippen molar-refractivity contribution in [2.24, 2.45) is 0 Å². The Morgan fingerprint density at radius 2 is 1.09 bits per heavy atom. The number of phosphoric ester groups is 1. The summed E-state index contributed by atoms with van der Waals surface area (Å²) in [5, 5.41) is 13.5. The van der Waals surface area contributed by atoms with E-state index in [0.717, 1.165) is 44.9 Å². The van der Waals surface area contributed by atoms with Crippen LogP contribution in [0.5, 0.6) is 0 Å². The van der Waals surface area contributed by atoms with E-state index in [2.05, 4.69) is 48.7 Å². The predicted octanol–water partition coefficient (Wildman–Crippen LogP) is 12.1. The summed E-state index contributed by atoms with van der Waals surface area (Å²) in [6.45, 7) is 4.57. The summed E-state index contributed by atoms with van der Waals surface area (Å²) in [5.74, 6) is -0.192. The number of phosphoric acid groups is 1. The first-order valence-electron chi connectivity index (χ1n) is 22.0. The lowest BCUT2D eigenvalue weighted by atomic mass is 10.0. The third kappa shape index (κ3) is 38.7. The number of hydrogen-bond acceptors (Lipinski definition) is 5. The first kappa shape index (κ1) is 52.5. The molecule has 0 aromatic carbocycles. The number of unbranched alkanes of at least 4 members (excludes halogenated alkanes) is 20. The number of carbonyl (C=O) groups excluding carboxylic acids is 1. The van der Waals surface area contributed by atoms with E-state index < -0.39 is 20.0 Å². The first-order chi connectivity index (χ1) is 26.0. The molecule has 0 aliphatic carbocycles. The van der Waals surface area contributed by atoms with Crippen molar-refractivity contribution in [3.8, 4) is 0 Å². The smallest absolute Gasteiger partial charge is 0.387 e. The Morgan fingerprint density at radius 3 is 1.57 bits per heavy atom. The van der Waals surface area contributed by atoms with Gasteiger partial charge in [-0.3, -0.25) is 13.8 Å². The summed E-state index contributed by atoms with van der Waals surface area (Å²) < 4.78 is 23.2. The Morgan fingerprint density at radius 1 is 0.630 bits per heavy atom. The van der Waals surface area contributed by atoms with Crippen LogP contribution in [-0.4, -0.2) is 73.4 Å². The van der Waals surface area contributed by atoms with Crippen LogP contribution >= 0.6 is 7.82 Å². The Hall–Kier alpha value is -1.54. The molecule has 9 heteroatoms. The van der Waals surface area contributed by atoms with Crippen LogP contribution in [0, 0.1) is 0 Å². The lowest BCUT2D eigenvalue weighted by Gasteiger charge is -2.25. The monoisotopic (exact) mass is 782 g/mol. The van der Waals surface area contributed by atoms with Crippen molar-refractivity contribution in [3.05, 3.63) is 48.6 Å². The topological polar surface area (TPSA) is 105 Å². The molecule has 0 aliphatic rings. The van der Waals surface area contributed by atoms with E-state index in [1.807, 2.05) is 34.1 Å². The van der Waals surface area contributed by atoms with Crippen molar-refractivity contribution < 1.29 is 32.9 Å². The first-order valence-corrected chi connectivity index (χ1v) is 23.5. The van der Waals surface area contributed by atoms with Gasteiger partial charge in [-0.15, -0.1) is 0 Å². The Labute approximate surface area is 333 Å². The molecule has 0 saturated carbocycles. The molecule has 0 fully saturated rings. The second kappa shape index (κ2) is 37.1. The molecule has 0 radical (unpaired) electrons. The second-order valence-electron chi connectivity index (χ2n) is 16.1. The molecule has 0 spiro atoms. The molecule has 8 nitrogen and oxygen atoms in total. The van der Waals surface area contributed by atoms with Gasteiger partial charge in [0.1, 0.15) is 13.2 Å². The Kier molecular flexibility index (Phi) is 36.0. The van der Waals surface area contributed by atoms with Gasteiger partial charge in [-0.25, -0.2) is 4.57 Å². The van der Waals surface area contributed by atoms with Crippen LogP contribution in [0.3, 0.4) is 0 Å². The fraction of sp³-hybridized carbons (Fsp3) is 0.800. The Bertz CT molecular complexity index is 1020. The van der Waals surface area contributed by atoms with Gasteiger partial charge < -0.3 is 19.8 Å². The van der Waals surface area contributed by atoms with Crippen LogP contribution in [-0.2, 0) is 18.4 Å². The second-order valence-corrected chi connectivity index (χ2v) is 17.5. The summed E-state index contributed by atoms with van der Waals surface area (Å²) in [6.07, 6.45) is 47.1. The van der Waals surface area contributed by atoms with E-state index in [1.54, 1.807) is 6.08 Å². The standard InChI is InChI=1S/C45H85N2O6P/c1-6-8-10-11-12-13-14-15-16-17-18-19-20-21-22-23-24-25-26-27-28-29-30-31-32-33-34-35-37-39-45(49)46-43(44(48)38-36-9-7-2)42-53-54(50,51)52-41-40-47(3,4)5/h14-15,17-18,20-21,36,38,43-44,48H,6-13,16,19,22-35,37,39-42H2,1-5H3,(H-,46,49,50,51)/p+1/b15-14-,18-17-,21-20-,38-36+. The van der Waals surface area contributed by atoms with Crippen LogP contribution in [0.4, 0.5) is 0 Å². The highest BCUT2D eigenvalue weighted by Crippen LogP contribution is 2.43. The van der Waals surface area contributed by atoms with Crippen molar-refractivity contribution in [1.29, 1.82) is 0 Å². The molecule has 0 aromatic heterocycles. The van der Waals surface area contributed by atoms with E-state index in [-0.39, 0.29) is 19.1 Å². The van der Waals surface area contributed by atoms with Crippen molar-refractivity contribution >= 4 is 13.7 Å².